The Kier molecular flexibility index (Phi) is 3.37. The molecule has 3 heteroatoms. The summed E-state index contributed by atoms with van der Waals surface area (Å²) < 4.78 is 1.94. The fourth-order valence-corrected chi connectivity index (χ4v) is 1.75. The number of rotatable bonds is 4. The number of aromatic nitrogens is 2. The molecule has 0 saturated carbocycles. The smallest absolute Gasteiger partial charge is 0.0648 e. The average Bonchev–Trinajstić information content (AvgIpc) is 2.74. The van der Waals surface area contributed by atoms with E-state index in [2.05, 4.69) is 36.3 Å². The van der Waals surface area contributed by atoms with Crippen LogP contribution in [0.4, 0.5) is 0 Å². The number of benzene rings is 1. The van der Waals surface area contributed by atoms with Crippen molar-refractivity contribution in [3.8, 4) is 5.69 Å². The summed E-state index contributed by atoms with van der Waals surface area (Å²) in [5, 5.41) is 4.27. The molecule has 0 saturated heterocycles. The molecule has 0 fully saturated rings. The highest BCUT2D eigenvalue weighted by Crippen LogP contribution is 2.12. The van der Waals surface area contributed by atoms with E-state index in [1.807, 2.05) is 16.9 Å². The molecule has 16 heavy (non-hydrogen) atoms. The van der Waals surface area contributed by atoms with Gasteiger partial charge in [-0.2, -0.15) is 5.10 Å². The maximum atomic E-state index is 5.49. The lowest BCUT2D eigenvalue weighted by atomic mass is 10.1. The van der Waals surface area contributed by atoms with Crippen molar-refractivity contribution in [1.82, 2.24) is 9.78 Å². The number of nitrogens with zero attached hydrogens (tertiary/aromatic N) is 2. The van der Waals surface area contributed by atoms with Gasteiger partial charge in [-0.1, -0.05) is 12.1 Å². The molecule has 2 rings (SSSR count). The van der Waals surface area contributed by atoms with Gasteiger partial charge in [0.2, 0.25) is 0 Å². The van der Waals surface area contributed by atoms with Gasteiger partial charge < -0.3 is 5.73 Å². The standard InChI is InChI=1S/C13H17N3/c1-11-8-10-15-16(11)13-6-4-12(5-7-13)3-2-9-14/h4-8,10H,2-3,9,14H2,1H3. The summed E-state index contributed by atoms with van der Waals surface area (Å²) >= 11 is 0. The lowest BCUT2D eigenvalue weighted by Crippen LogP contribution is -2.01. The van der Waals surface area contributed by atoms with Crippen LogP contribution in [0.5, 0.6) is 0 Å². The Bertz CT molecular complexity index is 442. The van der Waals surface area contributed by atoms with Gasteiger partial charge in [-0.25, -0.2) is 4.68 Å². The Labute approximate surface area is 95.9 Å². The van der Waals surface area contributed by atoms with E-state index in [0.29, 0.717) is 0 Å². The lowest BCUT2D eigenvalue weighted by molar-refractivity contribution is 0.825. The highest BCUT2D eigenvalue weighted by molar-refractivity contribution is 5.35. The molecule has 3 nitrogen and oxygen atoms in total. The minimum Gasteiger partial charge on any atom is -0.330 e. The number of aryl methyl sites for hydroxylation is 2. The Morgan fingerprint density at radius 1 is 1.19 bits per heavy atom. The second-order valence-corrected chi connectivity index (χ2v) is 3.94. The molecular formula is C13H17N3. The van der Waals surface area contributed by atoms with E-state index in [4.69, 9.17) is 5.73 Å². The van der Waals surface area contributed by atoms with Gasteiger partial charge in [0.15, 0.2) is 0 Å². The van der Waals surface area contributed by atoms with Crippen molar-refractivity contribution < 1.29 is 0 Å². The summed E-state index contributed by atoms with van der Waals surface area (Å²) in [6.07, 6.45) is 3.91. The summed E-state index contributed by atoms with van der Waals surface area (Å²) in [5.74, 6) is 0. The topological polar surface area (TPSA) is 43.8 Å². The van der Waals surface area contributed by atoms with Crippen LogP contribution in [0.3, 0.4) is 0 Å². The van der Waals surface area contributed by atoms with Crippen LogP contribution in [0.15, 0.2) is 36.5 Å². The second-order valence-electron chi connectivity index (χ2n) is 3.94. The Hall–Kier alpha value is -1.61. The molecule has 0 aliphatic rings. The van der Waals surface area contributed by atoms with Crippen LogP contribution >= 0.6 is 0 Å². The first-order chi connectivity index (χ1) is 7.81. The molecule has 0 atom stereocenters. The molecule has 0 radical (unpaired) electrons. The van der Waals surface area contributed by atoms with Crippen molar-refractivity contribution in [3.63, 3.8) is 0 Å². The van der Waals surface area contributed by atoms with E-state index >= 15 is 0 Å². The molecule has 0 aliphatic heterocycles. The molecule has 0 spiro atoms. The molecule has 0 unspecified atom stereocenters. The van der Waals surface area contributed by atoms with Crippen molar-refractivity contribution in [1.29, 1.82) is 0 Å². The van der Waals surface area contributed by atoms with E-state index in [0.717, 1.165) is 30.8 Å². The Morgan fingerprint density at radius 2 is 1.94 bits per heavy atom. The molecule has 0 bridgehead atoms. The molecule has 2 N–H and O–H groups in total. The zero-order valence-corrected chi connectivity index (χ0v) is 9.56. The van der Waals surface area contributed by atoms with Crippen LogP contribution in [0.25, 0.3) is 5.69 Å². The van der Waals surface area contributed by atoms with E-state index in [1.165, 1.54) is 5.56 Å². The molecular weight excluding hydrogens is 198 g/mol. The van der Waals surface area contributed by atoms with Gasteiger partial charge in [0.05, 0.1) is 5.69 Å². The first-order valence-corrected chi connectivity index (χ1v) is 5.61. The van der Waals surface area contributed by atoms with Gasteiger partial charge >= 0.3 is 0 Å². The Balaban J connectivity index is 2.16. The molecule has 2 aromatic rings. The number of hydrogen-bond acceptors (Lipinski definition) is 2. The maximum absolute atomic E-state index is 5.49. The molecule has 1 aromatic carbocycles. The monoisotopic (exact) mass is 215 g/mol. The predicted octanol–water partition coefficient (Wildman–Crippen LogP) is 2.07. The van der Waals surface area contributed by atoms with E-state index in [-0.39, 0.29) is 0 Å². The summed E-state index contributed by atoms with van der Waals surface area (Å²) in [6, 6.07) is 10.5. The molecule has 1 heterocycles. The summed E-state index contributed by atoms with van der Waals surface area (Å²) in [7, 11) is 0. The van der Waals surface area contributed by atoms with E-state index < -0.39 is 0 Å². The summed E-state index contributed by atoms with van der Waals surface area (Å²) in [5.41, 5.74) is 9.08. The van der Waals surface area contributed by atoms with Gasteiger partial charge in [-0.15, -0.1) is 0 Å². The first-order valence-electron chi connectivity index (χ1n) is 5.61. The quantitative estimate of drug-likeness (QED) is 0.848. The van der Waals surface area contributed by atoms with Crippen LogP contribution in [0.1, 0.15) is 17.7 Å². The third kappa shape index (κ3) is 2.31. The van der Waals surface area contributed by atoms with Crippen molar-refractivity contribution in [2.75, 3.05) is 6.54 Å². The minimum atomic E-state index is 0.750. The molecule has 0 amide bonds. The normalized spacial score (nSPS) is 10.6. The van der Waals surface area contributed by atoms with E-state index in [9.17, 15) is 0 Å². The van der Waals surface area contributed by atoms with Crippen molar-refractivity contribution in [3.05, 3.63) is 47.8 Å². The van der Waals surface area contributed by atoms with Crippen molar-refractivity contribution >= 4 is 0 Å². The molecule has 1 aromatic heterocycles. The zero-order chi connectivity index (χ0) is 11.4. The van der Waals surface area contributed by atoms with Crippen LogP contribution in [0, 0.1) is 6.92 Å². The highest BCUT2D eigenvalue weighted by Gasteiger charge is 2.00. The molecule has 0 aliphatic carbocycles. The van der Waals surface area contributed by atoms with E-state index in [1.54, 1.807) is 0 Å². The fourth-order valence-electron chi connectivity index (χ4n) is 1.75. The third-order valence-corrected chi connectivity index (χ3v) is 2.68. The van der Waals surface area contributed by atoms with Crippen molar-refractivity contribution in [2.45, 2.75) is 19.8 Å². The SMILES string of the molecule is Cc1ccnn1-c1ccc(CCCN)cc1. The van der Waals surface area contributed by atoms with Crippen LogP contribution < -0.4 is 5.73 Å². The third-order valence-electron chi connectivity index (χ3n) is 2.68. The van der Waals surface area contributed by atoms with Crippen molar-refractivity contribution in [2.24, 2.45) is 5.73 Å². The van der Waals surface area contributed by atoms with Crippen LogP contribution in [0.2, 0.25) is 0 Å². The predicted molar refractivity (Wildman–Crippen MR) is 65.7 cm³/mol. The number of hydrogen-bond donors (Lipinski definition) is 1. The summed E-state index contributed by atoms with van der Waals surface area (Å²) in [6.45, 7) is 2.80. The fraction of sp³-hybridized carbons (Fsp3) is 0.308. The van der Waals surface area contributed by atoms with Crippen LogP contribution in [-0.4, -0.2) is 16.3 Å². The van der Waals surface area contributed by atoms with Gasteiger partial charge in [0.25, 0.3) is 0 Å². The van der Waals surface area contributed by atoms with Crippen LogP contribution in [-0.2, 0) is 6.42 Å². The van der Waals surface area contributed by atoms with Gasteiger partial charge in [0.1, 0.15) is 0 Å². The van der Waals surface area contributed by atoms with Gasteiger partial charge in [-0.3, -0.25) is 0 Å². The Morgan fingerprint density at radius 3 is 2.50 bits per heavy atom. The number of nitrogens with two attached hydrogens (primary N) is 1. The largest absolute Gasteiger partial charge is 0.330 e. The average molecular weight is 215 g/mol. The maximum Gasteiger partial charge on any atom is 0.0648 e. The van der Waals surface area contributed by atoms with Gasteiger partial charge in [-0.05, 0) is 50.1 Å². The minimum absolute atomic E-state index is 0.750. The molecule has 84 valence electrons. The lowest BCUT2D eigenvalue weighted by Gasteiger charge is -2.05. The highest BCUT2D eigenvalue weighted by atomic mass is 15.3. The summed E-state index contributed by atoms with van der Waals surface area (Å²) in [4.78, 5) is 0. The zero-order valence-electron chi connectivity index (χ0n) is 9.56. The van der Waals surface area contributed by atoms with Gasteiger partial charge in [0, 0.05) is 11.9 Å². The second kappa shape index (κ2) is 4.94. The first kappa shape index (κ1) is 10.9.